The Kier molecular flexibility index (Phi) is 3.00. The zero-order valence-electron chi connectivity index (χ0n) is 9.69. The predicted octanol–water partition coefficient (Wildman–Crippen LogP) is 2.76. The van der Waals surface area contributed by atoms with Crippen molar-refractivity contribution in [3.8, 4) is 0 Å². The molecule has 0 saturated carbocycles. The molecule has 5 nitrogen and oxygen atoms in total. The van der Waals surface area contributed by atoms with Crippen molar-refractivity contribution in [2.45, 2.75) is 6.54 Å². The molecule has 7 heteroatoms. The molecule has 0 unspecified atom stereocenters. The second-order valence-electron chi connectivity index (χ2n) is 3.92. The van der Waals surface area contributed by atoms with Gasteiger partial charge in [-0.25, -0.2) is 4.39 Å². The lowest BCUT2D eigenvalue weighted by atomic mass is 10.2. The van der Waals surface area contributed by atoms with Gasteiger partial charge in [0.2, 0.25) is 5.28 Å². The van der Waals surface area contributed by atoms with Gasteiger partial charge < -0.3 is 5.32 Å². The van der Waals surface area contributed by atoms with Crippen LogP contribution in [-0.4, -0.2) is 20.2 Å². The van der Waals surface area contributed by atoms with Gasteiger partial charge in [-0.05, 0) is 17.7 Å². The highest BCUT2D eigenvalue weighted by atomic mass is 35.5. The molecule has 3 rings (SSSR count). The first-order chi connectivity index (χ1) is 9.24. The van der Waals surface area contributed by atoms with Crippen molar-refractivity contribution in [1.82, 2.24) is 20.2 Å². The molecular weight excluding hydrogens is 269 g/mol. The number of aromatic amines is 1. The molecule has 96 valence electrons. The molecule has 0 atom stereocenters. The van der Waals surface area contributed by atoms with Crippen LogP contribution in [0.4, 0.5) is 10.2 Å². The summed E-state index contributed by atoms with van der Waals surface area (Å²) in [6.07, 6.45) is 1.59. The van der Waals surface area contributed by atoms with Gasteiger partial charge >= 0.3 is 0 Å². The third kappa shape index (κ3) is 2.34. The highest BCUT2D eigenvalue weighted by Gasteiger charge is 2.09. The molecule has 0 aliphatic carbocycles. The Morgan fingerprint density at radius 1 is 1.26 bits per heavy atom. The molecule has 2 aromatic heterocycles. The normalized spacial score (nSPS) is 10.8. The number of nitrogens with one attached hydrogen (secondary N) is 2. The van der Waals surface area contributed by atoms with Crippen molar-refractivity contribution in [1.29, 1.82) is 0 Å². The third-order valence-corrected chi connectivity index (χ3v) is 2.86. The molecule has 19 heavy (non-hydrogen) atoms. The number of hydrogen-bond acceptors (Lipinski definition) is 4. The Labute approximate surface area is 112 Å². The number of hydrogen-bond donors (Lipinski definition) is 2. The molecule has 0 aliphatic heterocycles. The van der Waals surface area contributed by atoms with E-state index in [1.165, 1.54) is 6.07 Å². The minimum Gasteiger partial charge on any atom is -0.365 e. The Morgan fingerprint density at radius 3 is 2.95 bits per heavy atom. The van der Waals surface area contributed by atoms with E-state index in [1.807, 2.05) is 0 Å². The Hall–Kier alpha value is -2.21. The van der Waals surface area contributed by atoms with Crippen LogP contribution in [0, 0.1) is 5.82 Å². The quantitative estimate of drug-likeness (QED) is 0.723. The first kappa shape index (κ1) is 11.9. The van der Waals surface area contributed by atoms with E-state index >= 15 is 0 Å². The van der Waals surface area contributed by atoms with Gasteiger partial charge in [-0.3, -0.25) is 5.10 Å². The third-order valence-electron chi connectivity index (χ3n) is 2.69. The molecule has 0 bridgehead atoms. The van der Waals surface area contributed by atoms with Crippen LogP contribution >= 0.6 is 11.6 Å². The van der Waals surface area contributed by atoms with Gasteiger partial charge in [0.05, 0.1) is 11.6 Å². The summed E-state index contributed by atoms with van der Waals surface area (Å²) in [6, 6.07) is 6.55. The number of rotatable bonds is 3. The second-order valence-corrected chi connectivity index (χ2v) is 4.26. The maximum atomic E-state index is 13.5. The Balaban J connectivity index is 1.90. The molecule has 0 fully saturated rings. The van der Waals surface area contributed by atoms with E-state index in [0.29, 0.717) is 29.0 Å². The van der Waals surface area contributed by atoms with Crippen LogP contribution in [-0.2, 0) is 6.54 Å². The molecule has 2 heterocycles. The number of H-pyrrole nitrogens is 1. The molecule has 3 aromatic rings. The average molecular weight is 278 g/mol. The van der Waals surface area contributed by atoms with Gasteiger partial charge in [0.15, 0.2) is 5.65 Å². The maximum absolute atomic E-state index is 13.5. The van der Waals surface area contributed by atoms with Gasteiger partial charge in [-0.1, -0.05) is 18.2 Å². The van der Waals surface area contributed by atoms with Crippen molar-refractivity contribution >= 4 is 28.5 Å². The monoisotopic (exact) mass is 277 g/mol. The van der Waals surface area contributed by atoms with E-state index in [2.05, 4.69) is 25.5 Å². The SMILES string of the molecule is Fc1ccccc1CNc1nc(Cl)nc2[nH]ncc12. The van der Waals surface area contributed by atoms with Gasteiger partial charge in [0.1, 0.15) is 11.6 Å². The Bertz CT molecular complexity index is 727. The van der Waals surface area contributed by atoms with Crippen molar-refractivity contribution in [3.63, 3.8) is 0 Å². The summed E-state index contributed by atoms with van der Waals surface area (Å²) < 4.78 is 13.5. The molecule has 1 aromatic carbocycles. The van der Waals surface area contributed by atoms with Crippen LogP contribution in [0.3, 0.4) is 0 Å². The molecule has 0 saturated heterocycles. The second kappa shape index (κ2) is 4.81. The number of benzene rings is 1. The van der Waals surface area contributed by atoms with E-state index in [-0.39, 0.29) is 11.1 Å². The summed E-state index contributed by atoms with van der Waals surface area (Å²) in [7, 11) is 0. The van der Waals surface area contributed by atoms with E-state index < -0.39 is 0 Å². The lowest BCUT2D eigenvalue weighted by molar-refractivity contribution is 0.613. The van der Waals surface area contributed by atoms with E-state index in [1.54, 1.807) is 24.4 Å². The number of anilines is 1. The summed E-state index contributed by atoms with van der Waals surface area (Å²) in [5, 5.41) is 10.4. The fraction of sp³-hybridized carbons (Fsp3) is 0.0833. The standard InChI is InChI=1S/C12H9ClFN5/c13-12-17-10(8-6-16-19-11(8)18-12)15-5-7-3-1-2-4-9(7)14/h1-4,6H,5H2,(H2,15,16,17,18,19). The van der Waals surface area contributed by atoms with E-state index in [0.717, 1.165) is 0 Å². The lowest BCUT2D eigenvalue weighted by Crippen LogP contribution is -2.04. The zero-order chi connectivity index (χ0) is 13.2. The molecule has 0 amide bonds. The molecule has 0 aliphatic rings. The molecule has 2 N–H and O–H groups in total. The van der Waals surface area contributed by atoms with Gasteiger partial charge in [-0.15, -0.1) is 0 Å². The first-order valence-electron chi connectivity index (χ1n) is 5.58. The van der Waals surface area contributed by atoms with Crippen molar-refractivity contribution in [2.75, 3.05) is 5.32 Å². The lowest BCUT2D eigenvalue weighted by Gasteiger charge is -2.07. The summed E-state index contributed by atoms with van der Waals surface area (Å²) in [6.45, 7) is 0.306. The fourth-order valence-corrected chi connectivity index (χ4v) is 1.93. The summed E-state index contributed by atoms with van der Waals surface area (Å²) in [4.78, 5) is 8.07. The van der Waals surface area contributed by atoms with E-state index in [4.69, 9.17) is 11.6 Å². The highest BCUT2D eigenvalue weighted by Crippen LogP contribution is 2.20. The molecule has 0 radical (unpaired) electrons. The van der Waals surface area contributed by atoms with Gasteiger partial charge in [0, 0.05) is 12.1 Å². The molecular formula is C12H9ClFN5. The average Bonchev–Trinajstić information content (AvgIpc) is 2.85. The topological polar surface area (TPSA) is 66.5 Å². The van der Waals surface area contributed by atoms with Crippen LogP contribution in [0.2, 0.25) is 5.28 Å². The Morgan fingerprint density at radius 2 is 2.11 bits per heavy atom. The molecule has 0 spiro atoms. The van der Waals surface area contributed by atoms with E-state index in [9.17, 15) is 4.39 Å². The summed E-state index contributed by atoms with van der Waals surface area (Å²) in [5.74, 6) is 0.255. The van der Waals surface area contributed by atoms with Crippen LogP contribution in [0.15, 0.2) is 30.5 Å². The number of aromatic nitrogens is 4. The maximum Gasteiger partial charge on any atom is 0.226 e. The number of nitrogens with zero attached hydrogens (tertiary/aromatic N) is 3. The highest BCUT2D eigenvalue weighted by molar-refractivity contribution is 6.28. The smallest absolute Gasteiger partial charge is 0.226 e. The predicted molar refractivity (Wildman–Crippen MR) is 70.4 cm³/mol. The number of halogens is 2. The summed E-state index contributed by atoms with van der Waals surface area (Å²) >= 11 is 5.81. The fourth-order valence-electron chi connectivity index (χ4n) is 1.76. The zero-order valence-corrected chi connectivity index (χ0v) is 10.4. The van der Waals surface area contributed by atoms with Crippen molar-refractivity contribution in [3.05, 3.63) is 47.1 Å². The first-order valence-corrected chi connectivity index (χ1v) is 5.96. The summed E-state index contributed by atoms with van der Waals surface area (Å²) in [5.41, 5.74) is 1.09. The van der Waals surface area contributed by atoms with Crippen molar-refractivity contribution in [2.24, 2.45) is 0 Å². The number of fused-ring (bicyclic) bond motifs is 1. The van der Waals surface area contributed by atoms with Crippen LogP contribution < -0.4 is 5.32 Å². The van der Waals surface area contributed by atoms with Crippen LogP contribution in [0.5, 0.6) is 0 Å². The van der Waals surface area contributed by atoms with Crippen LogP contribution in [0.1, 0.15) is 5.56 Å². The van der Waals surface area contributed by atoms with Gasteiger partial charge in [-0.2, -0.15) is 15.1 Å². The van der Waals surface area contributed by atoms with Gasteiger partial charge in [0.25, 0.3) is 0 Å². The largest absolute Gasteiger partial charge is 0.365 e. The van der Waals surface area contributed by atoms with Crippen molar-refractivity contribution < 1.29 is 4.39 Å². The minimum absolute atomic E-state index is 0.104. The van der Waals surface area contributed by atoms with Crippen LogP contribution in [0.25, 0.3) is 11.0 Å². The minimum atomic E-state index is -0.265.